The molecule has 0 bridgehead atoms. The summed E-state index contributed by atoms with van der Waals surface area (Å²) in [6, 6.07) is 11.8. The zero-order valence-electron chi connectivity index (χ0n) is 14.4. The molecule has 0 amide bonds. The standard InChI is InChI=1S/C18H23NO4.ClH/c1-20-15-7-5-13(9-17(15)22-3)11-19-12-14-6-8-16(21-2)18(10-14)23-4;/h5-10,19H,11-12H2,1-4H3;1H/p-1. The molecule has 5 nitrogen and oxygen atoms in total. The van der Waals surface area contributed by atoms with Crippen molar-refractivity contribution >= 4 is 0 Å². The molecule has 1 N–H and O–H groups in total. The van der Waals surface area contributed by atoms with E-state index in [1.54, 1.807) is 28.4 Å². The summed E-state index contributed by atoms with van der Waals surface area (Å²) in [4.78, 5) is 0. The Labute approximate surface area is 149 Å². The van der Waals surface area contributed by atoms with Crippen molar-refractivity contribution in [2.24, 2.45) is 0 Å². The monoisotopic (exact) mass is 352 g/mol. The molecule has 2 aromatic rings. The quantitative estimate of drug-likeness (QED) is 0.725. The molecule has 0 spiro atoms. The van der Waals surface area contributed by atoms with Crippen molar-refractivity contribution in [3.05, 3.63) is 47.5 Å². The van der Waals surface area contributed by atoms with Gasteiger partial charge < -0.3 is 36.7 Å². The number of ether oxygens (including phenoxy) is 4. The lowest BCUT2D eigenvalue weighted by atomic mass is 10.1. The molecule has 0 aliphatic heterocycles. The van der Waals surface area contributed by atoms with Gasteiger partial charge in [0, 0.05) is 13.1 Å². The zero-order valence-corrected chi connectivity index (χ0v) is 15.1. The van der Waals surface area contributed by atoms with Crippen LogP contribution in [0.15, 0.2) is 36.4 Å². The van der Waals surface area contributed by atoms with Crippen LogP contribution in [0.3, 0.4) is 0 Å². The lowest BCUT2D eigenvalue weighted by Crippen LogP contribution is -3.00. The Hall–Kier alpha value is -2.11. The van der Waals surface area contributed by atoms with Crippen LogP contribution < -0.4 is 36.7 Å². The fourth-order valence-electron chi connectivity index (χ4n) is 2.33. The third kappa shape index (κ3) is 4.94. The van der Waals surface area contributed by atoms with Crippen LogP contribution in [0.2, 0.25) is 0 Å². The Morgan fingerprint density at radius 3 is 1.33 bits per heavy atom. The molecule has 0 saturated carbocycles. The van der Waals surface area contributed by atoms with Crippen molar-refractivity contribution in [2.75, 3.05) is 28.4 Å². The van der Waals surface area contributed by atoms with Crippen LogP contribution >= 0.6 is 0 Å². The number of halogens is 1. The van der Waals surface area contributed by atoms with Gasteiger partial charge in [-0.2, -0.15) is 0 Å². The normalized spacial score (nSPS) is 9.83. The number of methoxy groups -OCH3 is 4. The summed E-state index contributed by atoms with van der Waals surface area (Å²) in [5, 5.41) is 3.40. The smallest absolute Gasteiger partial charge is 0.161 e. The van der Waals surface area contributed by atoms with E-state index in [0.717, 1.165) is 47.2 Å². The highest BCUT2D eigenvalue weighted by atomic mass is 35.5. The molecule has 0 heterocycles. The fourth-order valence-corrected chi connectivity index (χ4v) is 2.33. The van der Waals surface area contributed by atoms with E-state index < -0.39 is 0 Å². The first-order valence-electron chi connectivity index (χ1n) is 7.34. The summed E-state index contributed by atoms with van der Waals surface area (Å²) >= 11 is 0. The van der Waals surface area contributed by atoms with Crippen molar-refractivity contribution in [1.82, 2.24) is 5.32 Å². The number of rotatable bonds is 8. The van der Waals surface area contributed by atoms with Crippen LogP contribution in [0.5, 0.6) is 23.0 Å². The van der Waals surface area contributed by atoms with E-state index in [4.69, 9.17) is 18.9 Å². The second-order valence-electron chi connectivity index (χ2n) is 4.98. The molecule has 0 aliphatic carbocycles. The van der Waals surface area contributed by atoms with Gasteiger partial charge in [0.25, 0.3) is 0 Å². The molecule has 2 aromatic carbocycles. The third-order valence-corrected chi connectivity index (χ3v) is 3.55. The molecule has 0 aliphatic rings. The number of benzene rings is 2. The summed E-state index contributed by atoms with van der Waals surface area (Å²) < 4.78 is 21.1. The molecule has 0 saturated heterocycles. The number of hydrogen-bond acceptors (Lipinski definition) is 5. The van der Waals surface area contributed by atoms with Gasteiger partial charge in [-0.05, 0) is 35.4 Å². The van der Waals surface area contributed by atoms with Gasteiger partial charge in [0.15, 0.2) is 23.0 Å². The van der Waals surface area contributed by atoms with Crippen LogP contribution in [-0.2, 0) is 13.1 Å². The lowest BCUT2D eigenvalue weighted by Gasteiger charge is -2.12. The summed E-state index contributed by atoms with van der Waals surface area (Å²) in [6.07, 6.45) is 0. The van der Waals surface area contributed by atoms with Crippen molar-refractivity contribution in [3.8, 4) is 23.0 Å². The van der Waals surface area contributed by atoms with E-state index in [-0.39, 0.29) is 12.4 Å². The number of hydrogen-bond donors (Lipinski definition) is 1. The van der Waals surface area contributed by atoms with E-state index in [0.29, 0.717) is 0 Å². The van der Waals surface area contributed by atoms with Gasteiger partial charge in [-0.15, -0.1) is 0 Å². The van der Waals surface area contributed by atoms with E-state index in [9.17, 15) is 0 Å². The topological polar surface area (TPSA) is 49.0 Å². The molecular formula is C18H23ClNO4-. The highest BCUT2D eigenvalue weighted by molar-refractivity contribution is 5.44. The Kier molecular flexibility index (Phi) is 8.22. The summed E-state index contributed by atoms with van der Waals surface area (Å²) in [5.74, 6) is 2.93. The molecule has 0 fully saturated rings. The van der Waals surface area contributed by atoms with Crippen LogP contribution in [0, 0.1) is 0 Å². The Bertz CT molecular complexity index is 593. The summed E-state index contributed by atoms with van der Waals surface area (Å²) in [5.41, 5.74) is 2.26. The molecular weight excluding hydrogens is 330 g/mol. The van der Waals surface area contributed by atoms with Crippen molar-refractivity contribution in [1.29, 1.82) is 0 Å². The van der Waals surface area contributed by atoms with Gasteiger partial charge in [0.1, 0.15) is 0 Å². The van der Waals surface area contributed by atoms with Gasteiger partial charge in [0.2, 0.25) is 0 Å². The minimum Gasteiger partial charge on any atom is -1.00 e. The SMILES string of the molecule is COc1ccc(CNCc2ccc(OC)c(OC)c2)cc1OC.[Cl-]. The van der Waals surface area contributed by atoms with Gasteiger partial charge in [0.05, 0.1) is 28.4 Å². The van der Waals surface area contributed by atoms with Crippen LogP contribution in [0.25, 0.3) is 0 Å². The fraction of sp³-hybridized carbons (Fsp3) is 0.333. The minimum atomic E-state index is 0. The highest BCUT2D eigenvalue weighted by Gasteiger charge is 2.06. The maximum atomic E-state index is 5.31. The average Bonchev–Trinajstić information content (AvgIpc) is 2.61. The maximum absolute atomic E-state index is 5.31. The first-order chi connectivity index (χ1) is 11.2. The maximum Gasteiger partial charge on any atom is 0.161 e. The van der Waals surface area contributed by atoms with E-state index in [1.807, 2.05) is 36.4 Å². The summed E-state index contributed by atoms with van der Waals surface area (Å²) in [7, 11) is 6.54. The molecule has 6 heteroatoms. The van der Waals surface area contributed by atoms with Crippen LogP contribution in [0.1, 0.15) is 11.1 Å². The first kappa shape index (κ1) is 19.9. The molecule has 2 rings (SSSR count). The molecule has 0 aromatic heterocycles. The molecule has 132 valence electrons. The Morgan fingerprint density at radius 2 is 1.00 bits per heavy atom. The summed E-state index contributed by atoms with van der Waals surface area (Å²) in [6.45, 7) is 1.46. The zero-order chi connectivity index (χ0) is 16.7. The second kappa shape index (κ2) is 9.90. The van der Waals surface area contributed by atoms with Crippen LogP contribution in [0.4, 0.5) is 0 Å². The van der Waals surface area contributed by atoms with Gasteiger partial charge in [-0.1, -0.05) is 12.1 Å². The largest absolute Gasteiger partial charge is 1.00 e. The van der Waals surface area contributed by atoms with Crippen LogP contribution in [-0.4, -0.2) is 28.4 Å². The van der Waals surface area contributed by atoms with Gasteiger partial charge >= 0.3 is 0 Å². The number of nitrogens with one attached hydrogen (secondary N) is 1. The van der Waals surface area contributed by atoms with Crippen molar-refractivity contribution < 1.29 is 31.4 Å². The average molecular weight is 353 g/mol. The molecule has 24 heavy (non-hydrogen) atoms. The van der Waals surface area contributed by atoms with E-state index >= 15 is 0 Å². The lowest BCUT2D eigenvalue weighted by molar-refractivity contribution is -0.00000583. The Morgan fingerprint density at radius 1 is 0.625 bits per heavy atom. The predicted molar refractivity (Wildman–Crippen MR) is 89.6 cm³/mol. The third-order valence-electron chi connectivity index (χ3n) is 3.55. The highest BCUT2D eigenvalue weighted by Crippen LogP contribution is 2.28. The molecule has 0 unspecified atom stereocenters. The Balaban J connectivity index is 0.00000288. The predicted octanol–water partition coefficient (Wildman–Crippen LogP) is 0.0148. The minimum absolute atomic E-state index is 0. The van der Waals surface area contributed by atoms with Crippen molar-refractivity contribution in [3.63, 3.8) is 0 Å². The van der Waals surface area contributed by atoms with E-state index in [2.05, 4.69) is 5.32 Å². The molecule has 0 atom stereocenters. The second-order valence-corrected chi connectivity index (χ2v) is 4.98. The molecule has 0 radical (unpaired) electrons. The van der Waals surface area contributed by atoms with E-state index in [1.165, 1.54) is 0 Å². The van der Waals surface area contributed by atoms with Gasteiger partial charge in [-0.25, -0.2) is 0 Å². The first-order valence-corrected chi connectivity index (χ1v) is 7.34. The van der Waals surface area contributed by atoms with Gasteiger partial charge in [-0.3, -0.25) is 0 Å². The van der Waals surface area contributed by atoms with Crippen molar-refractivity contribution in [2.45, 2.75) is 13.1 Å².